The Morgan fingerprint density at radius 3 is 2.68 bits per heavy atom. The third-order valence-corrected chi connectivity index (χ3v) is 3.40. The molecule has 0 fully saturated rings. The molecule has 0 amide bonds. The summed E-state index contributed by atoms with van der Waals surface area (Å²) in [5.41, 5.74) is -0.250. The van der Waals surface area contributed by atoms with Gasteiger partial charge in [-0.05, 0) is 0 Å². The van der Waals surface area contributed by atoms with Crippen LogP contribution in [0.5, 0.6) is 0 Å². The van der Waals surface area contributed by atoms with Crippen LogP contribution in [0.25, 0.3) is 0 Å². The van der Waals surface area contributed by atoms with Crippen LogP contribution < -0.4 is 15.5 Å². The first-order valence-electron chi connectivity index (χ1n) is 6.56. The lowest BCUT2D eigenvalue weighted by atomic mass is 10.3. The molecule has 3 heterocycles. The summed E-state index contributed by atoms with van der Waals surface area (Å²) >= 11 is 0. The minimum absolute atomic E-state index is 0.0773. The van der Waals surface area contributed by atoms with Crippen LogP contribution in [0.1, 0.15) is 5.56 Å². The SMILES string of the molecule is CNc1nc(Nc2cnn3c2N(C)CC3)ncc1C(F)(F)F. The zero-order valence-electron chi connectivity index (χ0n) is 11.9. The second kappa shape index (κ2) is 5.04. The van der Waals surface area contributed by atoms with E-state index in [9.17, 15) is 13.2 Å². The van der Waals surface area contributed by atoms with E-state index < -0.39 is 11.7 Å². The normalized spacial score (nSPS) is 14.1. The summed E-state index contributed by atoms with van der Waals surface area (Å²) in [7, 11) is 3.30. The van der Waals surface area contributed by atoms with E-state index in [1.807, 2.05) is 16.6 Å². The summed E-state index contributed by atoms with van der Waals surface area (Å²) in [5.74, 6) is 0.658. The summed E-state index contributed by atoms with van der Waals surface area (Å²) < 4.78 is 40.3. The molecule has 0 aliphatic carbocycles. The van der Waals surface area contributed by atoms with Gasteiger partial charge < -0.3 is 15.5 Å². The van der Waals surface area contributed by atoms with E-state index in [1.54, 1.807) is 6.20 Å². The molecule has 0 radical (unpaired) electrons. The maximum Gasteiger partial charge on any atom is 0.421 e. The van der Waals surface area contributed by atoms with Crippen LogP contribution >= 0.6 is 0 Å². The van der Waals surface area contributed by atoms with Gasteiger partial charge in [-0.3, -0.25) is 0 Å². The van der Waals surface area contributed by atoms with E-state index >= 15 is 0 Å². The molecule has 0 bridgehead atoms. The fourth-order valence-corrected chi connectivity index (χ4v) is 2.34. The van der Waals surface area contributed by atoms with Gasteiger partial charge in [0.1, 0.15) is 17.1 Å². The number of anilines is 4. The van der Waals surface area contributed by atoms with Gasteiger partial charge in [0.25, 0.3) is 0 Å². The molecule has 0 saturated heterocycles. The van der Waals surface area contributed by atoms with Crippen LogP contribution in [0.3, 0.4) is 0 Å². The molecule has 2 N–H and O–H groups in total. The van der Waals surface area contributed by atoms with Gasteiger partial charge in [-0.15, -0.1) is 0 Å². The smallest absolute Gasteiger partial charge is 0.372 e. The number of likely N-dealkylation sites (N-methyl/N-ethyl adjacent to an activating group) is 1. The van der Waals surface area contributed by atoms with Crippen molar-refractivity contribution in [3.63, 3.8) is 0 Å². The number of hydrogen-bond donors (Lipinski definition) is 2. The molecule has 118 valence electrons. The molecule has 22 heavy (non-hydrogen) atoms. The lowest BCUT2D eigenvalue weighted by Gasteiger charge is -2.14. The minimum Gasteiger partial charge on any atom is -0.372 e. The van der Waals surface area contributed by atoms with Crippen LogP contribution in [0.2, 0.25) is 0 Å². The molecule has 10 heteroatoms. The molecule has 7 nitrogen and oxygen atoms in total. The zero-order valence-corrected chi connectivity index (χ0v) is 11.9. The maximum absolute atomic E-state index is 12.8. The Morgan fingerprint density at radius 2 is 2.00 bits per heavy atom. The van der Waals surface area contributed by atoms with Crippen molar-refractivity contribution < 1.29 is 13.2 Å². The van der Waals surface area contributed by atoms with Crippen LogP contribution in [0.15, 0.2) is 12.4 Å². The van der Waals surface area contributed by atoms with Crippen molar-refractivity contribution in [2.24, 2.45) is 0 Å². The van der Waals surface area contributed by atoms with E-state index in [0.29, 0.717) is 5.69 Å². The Bertz CT molecular complexity index is 695. The van der Waals surface area contributed by atoms with Gasteiger partial charge in [0.2, 0.25) is 5.95 Å². The van der Waals surface area contributed by atoms with Crippen molar-refractivity contribution in [1.82, 2.24) is 19.7 Å². The molecule has 2 aromatic heterocycles. The first-order valence-corrected chi connectivity index (χ1v) is 6.56. The van der Waals surface area contributed by atoms with E-state index in [0.717, 1.165) is 25.1 Å². The van der Waals surface area contributed by atoms with E-state index in [4.69, 9.17) is 0 Å². The highest BCUT2D eigenvalue weighted by Gasteiger charge is 2.35. The summed E-state index contributed by atoms with van der Waals surface area (Å²) in [6.07, 6.45) is -2.14. The zero-order chi connectivity index (χ0) is 15.9. The van der Waals surface area contributed by atoms with Crippen LogP contribution in [0, 0.1) is 0 Å². The van der Waals surface area contributed by atoms with E-state index in [1.165, 1.54) is 7.05 Å². The Kier molecular flexibility index (Phi) is 3.30. The fourth-order valence-electron chi connectivity index (χ4n) is 2.34. The lowest BCUT2D eigenvalue weighted by molar-refractivity contribution is -0.137. The van der Waals surface area contributed by atoms with Gasteiger partial charge >= 0.3 is 6.18 Å². The molecule has 0 saturated carbocycles. The predicted octanol–water partition coefficient (Wildman–Crippen LogP) is 1.93. The Morgan fingerprint density at radius 1 is 1.23 bits per heavy atom. The summed E-state index contributed by atoms with van der Waals surface area (Å²) in [5, 5.41) is 9.56. The quantitative estimate of drug-likeness (QED) is 0.902. The average molecular weight is 313 g/mol. The summed E-state index contributed by atoms with van der Waals surface area (Å²) in [6, 6.07) is 0. The van der Waals surface area contributed by atoms with Crippen molar-refractivity contribution in [3.05, 3.63) is 18.0 Å². The number of alkyl halides is 3. The molecule has 1 aliphatic heterocycles. The number of halogens is 3. The van der Waals surface area contributed by atoms with Gasteiger partial charge in [0.05, 0.1) is 12.7 Å². The first-order chi connectivity index (χ1) is 10.4. The van der Waals surface area contributed by atoms with Gasteiger partial charge in [0.15, 0.2) is 5.82 Å². The Hall–Kier alpha value is -2.52. The van der Waals surface area contributed by atoms with Crippen molar-refractivity contribution in [3.8, 4) is 0 Å². The van der Waals surface area contributed by atoms with E-state index in [-0.39, 0.29) is 11.8 Å². The number of rotatable bonds is 3. The molecule has 3 rings (SSSR count). The summed E-state index contributed by atoms with van der Waals surface area (Å²) in [6.45, 7) is 1.59. The Labute approximate surface area is 124 Å². The van der Waals surface area contributed by atoms with Gasteiger partial charge in [-0.25, -0.2) is 9.67 Å². The molecule has 0 aromatic carbocycles. The monoisotopic (exact) mass is 313 g/mol. The van der Waals surface area contributed by atoms with Gasteiger partial charge in [-0.1, -0.05) is 0 Å². The molecule has 0 atom stereocenters. The largest absolute Gasteiger partial charge is 0.421 e. The number of nitrogens with zero attached hydrogens (tertiary/aromatic N) is 5. The highest BCUT2D eigenvalue weighted by Crippen LogP contribution is 2.35. The van der Waals surface area contributed by atoms with Crippen LogP contribution in [0.4, 0.5) is 36.4 Å². The third kappa shape index (κ3) is 2.40. The molecule has 1 aliphatic rings. The van der Waals surface area contributed by atoms with E-state index in [2.05, 4.69) is 25.7 Å². The average Bonchev–Trinajstić information content (AvgIpc) is 3.02. The number of hydrogen-bond acceptors (Lipinski definition) is 6. The second-order valence-electron chi connectivity index (χ2n) is 4.86. The third-order valence-electron chi connectivity index (χ3n) is 3.40. The fraction of sp³-hybridized carbons (Fsp3) is 0.417. The van der Waals surface area contributed by atoms with Crippen LogP contribution in [-0.2, 0) is 12.7 Å². The molecule has 0 unspecified atom stereocenters. The Balaban J connectivity index is 1.91. The topological polar surface area (TPSA) is 70.9 Å². The molecule has 0 spiro atoms. The van der Waals surface area contributed by atoms with Crippen molar-refractivity contribution in [1.29, 1.82) is 0 Å². The number of nitrogens with one attached hydrogen (secondary N) is 2. The minimum atomic E-state index is -4.50. The van der Waals surface area contributed by atoms with Crippen molar-refractivity contribution >= 4 is 23.3 Å². The first kappa shape index (κ1) is 14.4. The van der Waals surface area contributed by atoms with Crippen molar-refractivity contribution in [2.45, 2.75) is 12.7 Å². The molecular formula is C12H14F3N7. The second-order valence-corrected chi connectivity index (χ2v) is 4.86. The standard InChI is InChI=1S/C12H14F3N7/c1-16-9-7(12(13,14)15)5-17-11(20-9)19-8-6-18-22-4-3-21(2)10(8)22/h5-6H,3-4H2,1-2H3,(H2,16,17,19,20). The molecule has 2 aromatic rings. The summed E-state index contributed by atoms with van der Waals surface area (Å²) in [4.78, 5) is 9.61. The lowest BCUT2D eigenvalue weighted by Crippen LogP contribution is -2.15. The van der Waals surface area contributed by atoms with Crippen LogP contribution in [-0.4, -0.2) is 40.4 Å². The number of aromatic nitrogens is 4. The predicted molar refractivity (Wildman–Crippen MR) is 75.4 cm³/mol. The number of fused-ring (bicyclic) bond motifs is 1. The van der Waals surface area contributed by atoms with Gasteiger partial charge in [0, 0.05) is 26.8 Å². The molecular weight excluding hydrogens is 299 g/mol. The highest BCUT2D eigenvalue weighted by atomic mass is 19.4. The maximum atomic E-state index is 12.8. The highest BCUT2D eigenvalue weighted by molar-refractivity contribution is 5.71. The van der Waals surface area contributed by atoms with Gasteiger partial charge in [-0.2, -0.15) is 23.3 Å². The van der Waals surface area contributed by atoms with Crippen molar-refractivity contribution in [2.75, 3.05) is 36.2 Å².